The molecule has 2 rings (SSSR count). The minimum absolute atomic E-state index is 0.0448. The molecule has 1 amide bonds. The van der Waals surface area contributed by atoms with Crippen molar-refractivity contribution in [3.63, 3.8) is 0 Å². The molecule has 16 heavy (non-hydrogen) atoms. The van der Waals surface area contributed by atoms with Crippen LogP contribution in [0.15, 0.2) is 15.1 Å². The first kappa shape index (κ1) is 11.1. The Kier molecular flexibility index (Phi) is 3.20. The Morgan fingerprint density at radius 3 is 3.00 bits per heavy atom. The third-order valence-corrected chi connectivity index (χ3v) is 3.53. The third-order valence-electron chi connectivity index (χ3n) is 1.62. The maximum atomic E-state index is 11.6. The number of carbonyl (C=O) groups excluding carboxylic acids is 1. The molecule has 8 heteroatoms. The lowest BCUT2D eigenvalue weighted by molar-refractivity contribution is 0.0982. The van der Waals surface area contributed by atoms with Crippen LogP contribution in [0.5, 0.6) is 0 Å². The Hall–Kier alpha value is -1.41. The minimum Gasteiger partial charge on any atom is -0.329 e. The van der Waals surface area contributed by atoms with Gasteiger partial charge in [0.1, 0.15) is 5.00 Å². The van der Waals surface area contributed by atoms with Gasteiger partial charge in [0.15, 0.2) is 10.2 Å². The van der Waals surface area contributed by atoms with Crippen molar-refractivity contribution < 1.29 is 9.32 Å². The average Bonchev–Trinajstić information content (AvgIpc) is 2.87. The van der Waals surface area contributed by atoms with E-state index in [1.54, 1.807) is 13.1 Å². The number of nitrogens with zero attached hydrogens (tertiary/aromatic N) is 3. The van der Waals surface area contributed by atoms with Gasteiger partial charge in [0, 0.05) is 0 Å². The molecule has 0 aliphatic rings. The topological polar surface area (TPSA) is 80.9 Å². The zero-order valence-corrected chi connectivity index (χ0v) is 10.2. The molecule has 0 saturated carbocycles. The molecule has 0 saturated heterocycles. The quantitative estimate of drug-likeness (QED) is 0.843. The molecule has 1 N–H and O–H groups in total. The van der Waals surface area contributed by atoms with E-state index in [9.17, 15) is 4.79 Å². The van der Waals surface area contributed by atoms with Gasteiger partial charge in [-0.15, -0.1) is 0 Å². The molecule has 0 atom stereocenters. The second-order valence-corrected chi connectivity index (χ2v) is 4.88. The maximum Gasteiger partial charge on any atom is 0.316 e. The number of hydrogen-bond acceptors (Lipinski definition) is 7. The molecule has 0 bridgehead atoms. The van der Waals surface area contributed by atoms with Crippen LogP contribution in [0.2, 0.25) is 0 Å². The zero-order chi connectivity index (χ0) is 11.5. The van der Waals surface area contributed by atoms with Crippen LogP contribution in [0, 0.1) is 6.92 Å². The molecule has 2 heterocycles. The molecule has 0 spiro atoms. The Bertz CT molecular complexity index is 508. The van der Waals surface area contributed by atoms with Gasteiger partial charge in [-0.05, 0) is 13.2 Å². The summed E-state index contributed by atoms with van der Waals surface area (Å²) in [6.07, 6.45) is 3.52. The Labute approximate surface area is 99.5 Å². The molecule has 0 radical (unpaired) electrons. The number of nitrogens with one attached hydrogen (secondary N) is 1. The number of thiazole rings is 1. The second kappa shape index (κ2) is 4.62. The van der Waals surface area contributed by atoms with Crippen molar-refractivity contribution in [3.8, 4) is 0 Å². The summed E-state index contributed by atoms with van der Waals surface area (Å²) in [7, 11) is 0. The summed E-state index contributed by atoms with van der Waals surface area (Å²) in [5, 5.41) is 6.83. The Morgan fingerprint density at radius 1 is 1.62 bits per heavy atom. The van der Waals surface area contributed by atoms with Crippen molar-refractivity contribution in [2.45, 2.75) is 11.3 Å². The monoisotopic (exact) mass is 256 g/mol. The van der Waals surface area contributed by atoms with Gasteiger partial charge < -0.3 is 9.84 Å². The first-order chi connectivity index (χ1) is 7.69. The van der Waals surface area contributed by atoms with Crippen LogP contribution in [0.1, 0.15) is 16.5 Å². The number of aryl methyl sites for hydroxylation is 1. The highest BCUT2D eigenvalue weighted by Crippen LogP contribution is 2.25. The third kappa shape index (κ3) is 2.39. The van der Waals surface area contributed by atoms with Crippen molar-refractivity contribution in [3.05, 3.63) is 17.9 Å². The zero-order valence-electron chi connectivity index (χ0n) is 8.55. The molecule has 2 aromatic rings. The van der Waals surface area contributed by atoms with Crippen LogP contribution in [0.3, 0.4) is 0 Å². The highest BCUT2D eigenvalue weighted by Gasteiger charge is 2.14. The van der Waals surface area contributed by atoms with Gasteiger partial charge in [-0.1, -0.05) is 28.3 Å². The first-order valence-corrected chi connectivity index (χ1v) is 6.34. The molecule has 6 nitrogen and oxygen atoms in total. The summed E-state index contributed by atoms with van der Waals surface area (Å²) in [5.74, 6) is -0.0345. The Balaban J connectivity index is 2.07. The van der Waals surface area contributed by atoms with Crippen LogP contribution in [0.4, 0.5) is 5.00 Å². The highest BCUT2D eigenvalue weighted by atomic mass is 32.2. The SMILES string of the molecule is CSc1ncc(NC(=O)c2nc(C)no2)s1. The number of anilines is 1. The molecule has 0 unspecified atom stereocenters. The summed E-state index contributed by atoms with van der Waals surface area (Å²) in [4.78, 5) is 19.5. The van der Waals surface area contributed by atoms with E-state index in [-0.39, 0.29) is 5.89 Å². The smallest absolute Gasteiger partial charge is 0.316 e. The van der Waals surface area contributed by atoms with Gasteiger partial charge in [0.25, 0.3) is 0 Å². The number of hydrogen-bond donors (Lipinski definition) is 1. The second-order valence-electron chi connectivity index (χ2n) is 2.80. The lowest BCUT2D eigenvalue weighted by atomic mass is 10.6. The largest absolute Gasteiger partial charge is 0.329 e. The predicted octanol–water partition coefficient (Wildman–Crippen LogP) is 1.81. The van der Waals surface area contributed by atoms with Crippen LogP contribution < -0.4 is 5.32 Å². The number of rotatable bonds is 3. The lowest BCUT2D eigenvalue weighted by Gasteiger charge is -1.94. The van der Waals surface area contributed by atoms with Crippen molar-refractivity contribution in [2.75, 3.05) is 11.6 Å². The van der Waals surface area contributed by atoms with Gasteiger partial charge in [0.05, 0.1) is 6.20 Å². The van der Waals surface area contributed by atoms with Crippen LogP contribution in [0.25, 0.3) is 0 Å². The van der Waals surface area contributed by atoms with E-state index in [1.165, 1.54) is 23.1 Å². The number of aromatic nitrogens is 3. The fourth-order valence-electron chi connectivity index (χ4n) is 0.965. The van der Waals surface area contributed by atoms with Crippen molar-refractivity contribution in [1.82, 2.24) is 15.1 Å². The van der Waals surface area contributed by atoms with E-state index in [4.69, 9.17) is 4.52 Å². The summed E-state index contributed by atoms with van der Waals surface area (Å²) >= 11 is 2.91. The standard InChI is InChI=1S/C8H8N4O2S2/c1-4-10-7(14-12-4)6(13)11-5-3-9-8(15-2)16-5/h3H,1-2H3,(H,11,13). The fraction of sp³-hybridized carbons (Fsp3) is 0.250. The van der Waals surface area contributed by atoms with Crippen molar-refractivity contribution in [2.24, 2.45) is 0 Å². The lowest BCUT2D eigenvalue weighted by Crippen LogP contribution is -2.11. The van der Waals surface area contributed by atoms with Crippen molar-refractivity contribution >= 4 is 34.0 Å². The molecular formula is C8H8N4O2S2. The highest BCUT2D eigenvalue weighted by molar-refractivity contribution is 8.00. The maximum absolute atomic E-state index is 11.6. The van der Waals surface area contributed by atoms with Gasteiger partial charge >= 0.3 is 11.8 Å². The normalized spacial score (nSPS) is 10.4. The average molecular weight is 256 g/mol. The van der Waals surface area contributed by atoms with Gasteiger partial charge in [-0.25, -0.2) is 4.98 Å². The first-order valence-electron chi connectivity index (χ1n) is 4.30. The van der Waals surface area contributed by atoms with E-state index < -0.39 is 5.91 Å². The van der Waals surface area contributed by atoms with E-state index >= 15 is 0 Å². The summed E-state index contributed by atoms with van der Waals surface area (Å²) in [5.41, 5.74) is 0. The van der Waals surface area contributed by atoms with Crippen LogP contribution in [-0.2, 0) is 0 Å². The molecule has 0 aliphatic heterocycles. The van der Waals surface area contributed by atoms with E-state index in [0.29, 0.717) is 10.8 Å². The van der Waals surface area contributed by atoms with Gasteiger partial charge in [0.2, 0.25) is 0 Å². The number of carbonyl (C=O) groups is 1. The minimum atomic E-state index is -0.420. The molecule has 0 aromatic carbocycles. The number of amides is 1. The molecule has 84 valence electrons. The number of thioether (sulfide) groups is 1. The molecule has 2 aromatic heterocycles. The van der Waals surface area contributed by atoms with Crippen LogP contribution >= 0.6 is 23.1 Å². The predicted molar refractivity (Wildman–Crippen MR) is 60.9 cm³/mol. The van der Waals surface area contributed by atoms with Crippen molar-refractivity contribution in [1.29, 1.82) is 0 Å². The molecular weight excluding hydrogens is 248 g/mol. The van der Waals surface area contributed by atoms with E-state index in [0.717, 1.165) is 4.34 Å². The summed E-state index contributed by atoms with van der Waals surface area (Å²) in [6.45, 7) is 1.65. The van der Waals surface area contributed by atoms with E-state index in [2.05, 4.69) is 20.4 Å². The molecule has 0 aliphatic carbocycles. The Morgan fingerprint density at radius 2 is 2.44 bits per heavy atom. The van der Waals surface area contributed by atoms with Gasteiger partial charge in [-0.3, -0.25) is 4.79 Å². The summed E-state index contributed by atoms with van der Waals surface area (Å²) < 4.78 is 5.62. The fourth-order valence-corrected chi connectivity index (χ4v) is 2.27. The van der Waals surface area contributed by atoms with E-state index in [1.807, 2.05) is 6.26 Å². The summed E-state index contributed by atoms with van der Waals surface area (Å²) in [6, 6.07) is 0. The molecule has 0 fully saturated rings. The van der Waals surface area contributed by atoms with Crippen LogP contribution in [-0.4, -0.2) is 27.3 Å². The van der Waals surface area contributed by atoms with Gasteiger partial charge in [-0.2, -0.15) is 4.98 Å².